The van der Waals surface area contributed by atoms with Crippen LogP contribution in [0.3, 0.4) is 0 Å². The van der Waals surface area contributed by atoms with Crippen LogP contribution in [0.15, 0.2) is 24.3 Å². The Hall–Kier alpha value is -1.23. The molecule has 0 bridgehead atoms. The molecule has 1 N–H and O–H groups in total. The summed E-state index contributed by atoms with van der Waals surface area (Å²) in [6.45, 7) is 4.95. The molecule has 0 saturated heterocycles. The van der Waals surface area contributed by atoms with Crippen molar-refractivity contribution in [1.82, 2.24) is 0 Å². The first-order chi connectivity index (χ1) is 8.20. The minimum absolute atomic E-state index is 0.0523. The lowest BCUT2D eigenvalue weighted by atomic mass is 9.90. The molecule has 18 heavy (non-hydrogen) atoms. The van der Waals surface area contributed by atoms with Crippen LogP contribution in [0.2, 0.25) is 0 Å². The number of halogens is 3. The second kappa shape index (κ2) is 5.18. The lowest BCUT2D eigenvalue weighted by molar-refractivity contribution is -0.267. The van der Waals surface area contributed by atoms with Gasteiger partial charge in [-0.05, 0) is 38.0 Å². The molecule has 0 amide bonds. The predicted octanol–water partition coefficient (Wildman–Crippen LogP) is 3.63. The first-order valence-electron chi connectivity index (χ1n) is 5.77. The van der Waals surface area contributed by atoms with Gasteiger partial charge in [-0.1, -0.05) is 19.1 Å². The van der Waals surface area contributed by atoms with Gasteiger partial charge in [-0.3, -0.25) is 0 Å². The first kappa shape index (κ1) is 14.8. The Balaban J connectivity index is 3.03. The number of hydrogen-bond donors (Lipinski definition) is 1. The Morgan fingerprint density at radius 1 is 1.17 bits per heavy atom. The fourth-order valence-corrected chi connectivity index (χ4v) is 1.65. The van der Waals surface area contributed by atoms with Crippen molar-refractivity contribution in [3.05, 3.63) is 29.8 Å². The van der Waals surface area contributed by atoms with E-state index in [1.165, 1.54) is 31.2 Å². The van der Waals surface area contributed by atoms with Crippen LogP contribution in [0, 0.1) is 0 Å². The summed E-state index contributed by atoms with van der Waals surface area (Å²) in [7, 11) is 0. The lowest BCUT2D eigenvalue weighted by Gasteiger charge is -2.29. The maximum Gasteiger partial charge on any atom is 0.421 e. The van der Waals surface area contributed by atoms with E-state index in [1.807, 2.05) is 13.8 Å². The SMILES string of the molecule is CCC(O)(c1ccc(OC(C)C)cc1)C(F)(F)F. The fraction of sp³-hybridized carbons (Fsp3) is 0.538. The number of benzene rings is 1. The predicted molar refractivity (Wildman–Crippen MR) is 62.4 cm³/mol. The molecule has 0 saturated carbocycles. The molecule has 2 nitrogen and oxygen atoms in total. The molecule has 0 aliphatic carbocycles. The van der Waals surface area contributed by atoms with Crippen LogP contribution in [0.25, 0.3) is 0 Å². The third kappa shape index (κ3) is 2.96. The zero-order valence-corrected chi connectivity index (χ0v) is 10.6. The summed E-state index contributed by atoms with van der Waals surface area (Å²) < 4.78 is 43.8. The smallest absolute Gasteiger partial charge is 0.421 e. The Kier molecular flexibility index (Phi) is 4.27. The molecule has 1 aromatic carbocycles. The average molecular weight is 262 g/mol. The molecule has 0 aliphatic rings. The summed E-state index contributed by atoms with van der Waals surface area (Å²) in [6, 6.07) is 5.35. The number of hydrogen-bond acceptors (Lipinski definition) is 2. The number of aliphatic hydroxyl groups is 1. The molecule has 0 radical (unpaired) electrons. The Morgan fingerprint density at radius 3 is 2.00 bits per heavy atom. The third-order valence-corrected chi connectivity index (χ3v) is 2.68. The molecule has 5 heteroatoms. The molecule has 0 spiro atoms. The Morgan fingerprint density at radius 2 is 1.67 bits per heavy atom. The van der Waals surface area contributed by atoms with E-state index < -0.39 is 18.2 Å². The third-order valence-electron chi connectivity index (χ3n) is 2.68. The van der Waals surface area contributed by atoms with E-state index in [-0.39, 0.29) is 11.7 Å². The van der Waals surface area contributed by atoms with Gasteiger partial charge >= 0.3 is 6.18 Å². The molecule has 1 atom stereocenters. The van der Waals surface area contributed by atoms with Crippen molar-refractivity contribution < 1.29 is 23.0 Å². The maximum atomic E-state index is 12.8. The largest absolute Gasteiger partial charge is 0.491 e. The van der Waals surface area contributed by atoms with E-state index in [2.05, 4.69) is 0 Å². The van der Waals surface area contributed by atoms with Crippen molar-refractivity contribution in [2.45, 2.75) is 45.1 Å². The molecule has 0 heterocycles. The van der Waals surface area contributed by atoms with Gasteiger partial charge in [0.05, 0.1) is 6.10 Å². The van der Waals surface area contributed by atoms with Crippen molar-refractivity contribution in [3.8, 4) is 5.75 Å². The quantitative estimate of drug-likeness (QED) is 0.897. The van der Waals surface area contributed by atoms with Crippen molar-refractivity contribution in [3.63, 3.8) is 0 Å². The molecule has 0 aromatic heterocycles. The number of ether oxygens (including phenoxy) is 1. The van der Waals surface area contributed by atoms with Crippen molar-refractivity contribution >= 4 is 0 Å². The van der Waals surface area contributed by atoms with Crippen LogP contribution >= 0.6 is 0 Å². The lowest BCUT2D eigenvalue weighted by Crippen LogP contribution is -2.41. The molecule has 1 aromatic rings. The molecule has 1 unspecified atom stereocenters. The van der Waals surface area contributed by atoms with E-state index in [9.17, 15) is 18.3 Å². The Bertz CT molecular complexity index is 384. The molecule has 1 rings (SSSR count). The van der Waals surface area contributed by atoms with E-state index >= 15 is 0 Å². The normalized spacial score (nSPS) is 15.6. The molecule has 102 valence electrons. The standard InChI is InChI=1S/C13H17F3O2/c1-4-12(17,13(14,15)16)10-5-7-11(8-6-10)18-9(2)3/h5-9,17H,4H2,1-3H3. The number of alkyl halides is 3. The summed E-state index contributed by atoms with van der Waals surface area (Å²) in [5.41, 5.74) is -2.97. The second-order valence-corrected chi connectivity index (χ2v) is 4.40. The zero-order valence-electron chi connectivity index (χ0n) is 10.6. The van der Waals surface area contributed by atoms with Gasteiger partial charge in [0.15, 0.2) is 5.60 Å². The number of rotatable bonds is 4. The summed E-state index contributed by atoms with van der Waals surface area (Å²) in [5.74, 6) is 0.481. The van der Waals surface area contributed by atoms with E-state index in [0.29, 0.717) is 5.75 Å². The highest BCUT2D eigenvalue weighted by atomic mass is 19.4. The highest BCUT2D eigenvalue weighted by molar-refractivity contribution is 5.32. The van der Waals surface area contributed by atoms with E-state index in [1.54, 1.807) is 0 Å². The van der Waals surface area contributed by atoms with Gasteiger partial charge in [-0.2, -0.15) is 13.2 Å². The van der Waals surface area contributed by atoms with E-state index in [4.69, 9.17) is 4.74 Å². The van der Waals surface area contributed by atoms with Gasteiger partial charge in [-0.25, -0.2) is 0 Å². The maximum absolute atomic E-state index is 12.8. The van der Waals surface area contributed by atoms with Gasteiger partial charge in [0, 0.05) is 0 Å². The highest BCUT2D eigenvalue weighted by Crippen LogP contribution is 2.41. The highest BCUT2D eigenvalue weighted by Gasteiger charge is 2.53. The minimum Gasteiger partial charge on any atom is -0.491 e. The van der Waals surface area contributed by atoms with Gasteiger partial charge < -0.3 is 9.84 Å². The average Bonchev–Trinajstić information content (AvgIpc) is 2.26. The Labute approximate surface area is 104 Å². The van der Waals surface area contributed by atoms with Crippen molar-refractivity contribution in [2.75, 3.05) is 0 Å². The van der Waals surface area contributed by atoms with E-state index in [0.717, 1.165) is 0 Å². The van der Waals surface area contributed by atoms with Crippen LogP contribution in [-0.4, -0.2) is 17.4 Å². The monoisotopic (exact) mass is 262 g/mol. The van der Waals surface area contributed by atoms with Crippen LogP contribution in [0.5, 0.6) is 5.75 Å². The van der Waals surface area contributed by atoms with Crippen molar-refractivity contribution in [1.29, 1.82) is 0 Å². The second-order valence-electron chi connectivity index (χ2n) is 4.40. The first-order valence-corrected chi connectivity index (χ1v) is 5.77. The summed E-state index contributed by atoms with van der Waals surface area (Å²) in [6.07, 6.45) is -5.17. The minimum atomic E-state index is -4.69. The van der Waals surface area contributed by atoms with Gasteiger partial charge in [-0.15, -0.1) is 0 Å². The van der Waals surface area contributed by atoms with Crippen LogP contribution in [-0.2, 0) is 5.60 Å². The van der Waals surface area contributed by atoms with Gasteiger partial charge in [0.25, 0.3) is 0 Å². The summed E-state index contributed by atoms with van der Waals surface area (Å²) in [5, 5.41) is 9.73. The molecule has 0 fully saturated rings. The van der Waals surface area contributed by atoms with Crippen LogP contribution in [0.1, 0.15) is 32.8 Å². The topological polar surface area (TPSA) is 29.5 Å². The van der Waals surface area contributed by atoms with Gasteiger partial charge in [0.1, 0.15) is 5.75 Å². The summed E-state index contributed by atoms with van der Waals surface area (Å²) in [4.78, 5) is 0. The molecular weight excluding hydrogens is 245 g/mol. The zero-order chi connectivity index (χ0) is 14.0. The van der Waals surface area contributed by atoms with Crippen LogP contribution in [0.4, 0.5) is 13.2 Å². The van der Waals surface area contributed by atoms with Crippen LogP contribution < -0.4 is 4.74 Å². The van der Waals surface area contributed by atoms with Gasteiger partial charge in [0.2, 0.25) is 0 Å². The summed E-state index contributed by atoms with van der Waals surface area (Å²) >= 11 is 0. The molecule has 0 aliphatic heterocycles. The fourth-order valence-electron chi connectivity index (χ4n) is 1.65. The van der Waals surface area contributed by atoms with Crippen molar-refractivity contribution in [2.24, 2.45) is 0 Å². The molecular formula is C13H17F3O2.